The van der Waals surface area contributed by atoms with Crippen molar-refractivity contribution in [2.24, 2.45) is 5.92 Å². The minimum Gasteiger partial charge on any atom is -0.421 e. The first-order chi connectivity index (χ1) is 13.8. The predicted octanol–water partition coefficient (Wildman–Crippen LogP) is 2.84. The van der Waals surface area contributed by atoms with E-state index < -0.39 is 0 Å². The zero-order valence-corrected chi connectivity index (χ0v) is 15.5. The summed E-state index contributed by atoms with van der Waals surface area (Å²) < 4.78 is 5.70. The van der Waals surface area contributed by atoms with E-state index in [-0.39, 0.29) is 11.9 Å². The van der Waals surface area contributed by atoms with Crippen LogP contribution >= 0.6 is 0 Å². The van der Waals surface area contributed by atoms with Crippen molar-refractivity contribution in [3.05, 3.63) is 71.6 Å². The molecule has 5 rings (SSSR count). The second-order valence-electron chi connectivity index (χ2n) is 7.47. The molecule has 1 amide bonds. The van der Waals surface area contributed by atoms with Crippen molar-refractivity contribution in [2.75, 3.05) is 13.1 Å². The molecule has 2 heterocycles. The van der Waals surface area contributed by atoms with Gasteiger partial charge in [-0.05, 0) is 23.3 Å². The topological polar surface area (TPSA) is 80.0 Å². The summed E-state index contributed by atoms with van der Waals surface area (Å²) in [6, 6.07) is 18.2. The molecule has 1 fully saturated rings. The molecule has 6 nitrogen and oxygen atoms in total. The molecule has 1 aliphatic heterocycles. The molecule has 0 unspecified atom stereocenters. The zero-order chi connectivity index (χ0) is 18.9. The van der Waals surface area contributed by atoms with Crippen molar-refractivity contribution in [3.8, 4) is 11.5 Å². The van der Waals surface area contributed by atoms with E-state index in [1.54, 1.807) is 0 Å². The number of carbonyl (C=O) groups excluding carboxylic acids is 1. The predicted molar refractivity (Wildman–Crippen MR) is 104 cm³/mol. The van der Waals surface area contributed by atoms with Gasteiger partial charge in [-0.1, -0.05) is 42.5 Å². The summed E-state index contributed by atoms with van der Waals surface area (Å²) >= 11 is 0. The molecule has 6 heteroatoms. The summed E-state index contributed by atoms with van der Waals surface area (Å²) in [6.45, 7) is 1.92. The minimum absolute atomic E-state index is 0.0202. The standard InChI is InChI=1S/C22H22N4O2/c27-19(10-11-20-25-26-22(28-20)14-6-2-1-3-7-14)24-21-16-9-5-4-8-15(16)17-12-23-13-18(17)21/h1-9,17-18,21,23H,10-13H2,(H,24,27)/t17-,18-,21-/m0/s1. The zero-order valence-electron chi connectivity index (χ0n) is 15.5. The maximum atomic E-state index is 12.6. The van der Waals surface area contributed by atoms with Crippen LogP contribution in [0.15, 0.2) is 59.0 Å². The number of carbonyl (C=O) groups is 1. The van der Waals surface area contributed by atoms with Gasteiger partial charge < -0.3 is 15.1 Å². The number of nitrogens with one attached hydrogen (secondary N) is 2. The first kappa shape index (κ1) is 17.1. The Morgan fingerprint density at radius 1 is 1.04 bits per heavy atom. The molecule has 1 saturated heterocycles. The highest BCUT2D eigenvalue weighted by atomic mass is 16.4. The van der Waals surface area contributed by atoms with Crippen LogP contribution in [0.25, 0.3) is 11.5 Å². The fraction of sp³-hybridized carbons (Fsp3) is 0.318. The van der Waals surface area contributed by atoms with Gasteiger partial charge in [0, 0.05) is 43.3 Å². The highest BCUT2D eigenvalue weighted by Gasteiger charge is 2.43. The lowest BCUT2D eigenvalue weighted by Gasteiger charge is -2.20. The minimum atomic E-state index is 0.0202. The van der Waals surface area contributed by atoms with Crippen molar-refractivity contribution in [2.45, 2.75) is 24.8 Å². The number of aromatic nitrogens is 2. The number of nitrogens with zero attached hydrogens (tertiary/aromatic N) is 2. The molecule has 0 spiro atoms. The molecule has 1 aliphatic carbocycles. The van der Waals surface area contributed by atoms with Crippen LogP contribution in [0.4, 0.5) is 0 Å². The summed E-state index contributed by atoms with van der Waals surface area (Å²) in [5, 5.41) is 14.9. The lowest BCUT2D eigenvalue weighted by molar-refractivity contribution is -0.122. The smallest absolute Gasteiger partial charge is 0.247 e. The molecular weight excluding hydrogens is 352 g/mol. The monoisotopic (exact) mass is 374 g/mol. The van der Waals surface area contributed by atoms with E-state index in [1.807, 2.05) is 30.3 Å². The van der Waals surface area contributed by atoms with Gasteiger partial charge in [0.2, 0.25) is 17.7 Å². The number of fused-ring (bicyclic) bond motifs is 3. The summed E-state index contributed by atoms with van der Waals surface area (Å²) in [5.41, 5.74) is 3.51. The molecular formula is C22H22N4O2. The van der Waals surface area contributed by atoms with E-state index in [0.717, 1.165) is 18.7 Å². The van der Waals surface area contributed by atoms with Gasteiger partial charge >= 0.3 is 0 Å². The third-order valence-corrected chi connectivity index (χ3v) is 5.79. The molecule has 3 aromatic rings. The molecule has 2 aromatic carbocycles. The normalized spacial score (nSPS) is 22.6. The lowest BCUT2D eigenvalue weighted by Crippen LogP contribution is -2.33. The Labute approximate surface area is 163 Å². The van der Waals surface area contributed by atoms with Crippen molar-refractivity contribution in [3.63, 3.8) is 0 Å². The Kier molecular flexibility index (Phi) is 4.41. The highest BCUT2D eigenvalue weighted by Crippen LogP contribution is 2.46. The Morgan fingerprint density at radius 2 is 1.82 bits per heavy atom. The van der Waals surface area contributed by atoms with Gasteiger partial charge in [0.15, 0.2) is 0 Å². The van der Waals surface area contributed by atoms with E-state index in [4.69, 9.17) is 4.42 Å². The fourth-order valence-electron chi connectivity index (χ4n) is 4.46. The third kappa shape index (κ3) is 3.10. The first-order valence-electron chi connectivity index (χ1n) is 9.76. The Balaban J connectivity index is 1.23. The fourth-order valence-corrected chi connectivity index (χ4v) is 4.46. The third-order valence-electron chi connectivity index (χ3n) is 5.79. The van der Waals surface area contributed by atoms with Gasteiger partial charge in [-0.25, -0.2) is 0 Å². The largest absolute Gasteiger partial charge is 0.421 e. The summed E-state index contributed by atoms with van der Waals surface area (Å²) in [5.74, 6) is 1.91. The van der Waals surface area contributed by atoms with Gasteiger partial charge in [-0.2, -0.15) is 0 Å². The van der Waals surface area contributed by atoms with E-state index in [9.17, 15) is 4.79 Å². The summed E-state index contributed by atoms with van der Waals surface area (Å²) in [6.07, 6.45) is 0.770. The van der Waals surface area contributed by atoms with E-state index >= 15 is 0 Å². The molecule has 28 heavy (non-hydrogen) atoms. The number of benzene rings is 2. The van der Waals surface area contributed by atoms with Crippen LogP contribution in [0.3, 0.4) is 0 Å². The van der Waals surface area contributed by atoms with Crippen LogP contribution < -0.4 is 10.6 Å². The van der Waals surface area contributed by atoms with Gasteiger partial charge in [0.25, 0.3) is 0 Å². The van der Waals surface area contributed by atoms with E-state index in [0.29, 0.717) is 36.5 Å². The Morgan fingerprint density at radius 3 is 2.68 bits per heavy atom. The van der Waals surface area contributed by atoms with Crippen LogP contribution in [-0.4, -0.2) is 29.2 Å². The quantitative estimate of drug-likeness (QED) is 0.718. The maximum Gasteiger partial charge on any atom is 0.247 e. The second kappa shape index (κ2) is 7.20. The van der Waals surface area contributed by atoms with Crippen LogP contribution in [-0.2, 0) is 11.2 Å². The molecule has 2 N–H and O–H groups in total. The van der Waals surface area contributed by atoms with Crippen molar-refractivity contribution >= 4 is 5.91 Å². The number of hydrogen-bond donors (Lipinski definition) is 2. The van der Waals surface area contributed by atoms with Crippen LogP contribution in [0.1, 0.15) is 35.4 Å². The van der Waals surface area contributed by atoms with Gasteiger partial charge in [-0.15, -0.1) is 10.2 Å². The average molecular weight is 374 g/mol. The Hall–Kier alpha value is -2.99. The maximum absolute atomic E-state index is 12.6. The molecule has 0 bridgehead atoms. The number of hydrogen-bond acceptors (Lipinski definition) is 5. The lowest BCUT2D eigenvalue weighted by atomic mass is 9.94. The SMILES string of the molecule is O=C(CCc1nnc(-c2ccccc2)o1)N[C@H]1c2ccccc2[C@@H]2CNC[C@@H]21. The van der Waals surface area contributed by atoms with E-state index in [1.165, 1.54) is 11.1 Å². The van der Waals surface area contributed by atoms with Crippen molar-refractivity contribution < 1.29 is 9.21 Å². The summed E-state index contributed by atoms with van der Waals surface area (Å²) in [7, 11) is 0. The van der Waals surface area contributed by atoms with Gasteiger partial charge in [-0.3, -0.25) is 4.79 Å². The van der Waals surface area contributed by atoms with Gasteiger partial charge in [0.1, 0.15) is 0 Å². The van der Waals surface area contributed by atoms with Crippen LogP contribution in [0, 0.1) is 5.92 Å². The summed E-state index contributed by atoms with van der Waals surface area (Å²) in [4.78, 5) is 12.6. The van der Waals surface area contributed by atoms with Crippen LogP contribution in [0.2, 0.25) is 0 Å². The highest BCUT2D eigenvalue weighted by molar-refractivity contribution is 5.77. The molecule has 2 aliphatic rings. The number of amides is 1. The molecule has 142 valence electrons. The van der Waals surface area contributed by atoms with Crippen molar-refractivity contribution in [1.29, 1.82) is 0 Å². The average Bonchev–Trinajstić information content (AvgIpc) is 3.45. The van der Waals surface area contributed by atoms with Crippen molar-refractivity contribution in [1.82, 2.24) is 20.8 Å². The molecule has 0 radical (unpaired) electrons. The Bertz CT molecular complexity index is 985. The van der Waals surface area contributed by atoms with Crippen LogP contribution in [0.5, 0.6) is 0 Å². The van der Waals surface area contributed by atoms with E-state index in [2.05, 4.69) is 45.1 Å². The number of aryl methyl sites for hydroxylation is 1. The second-order valence-corrected chi connectivity index (χ2v) is 7.47. The molecule has 1 aromatic heterocycles. The van der Waals surface area contributed by atoms with Gasteiger partial charge in [0.05, 0.1) is 6.04 Å². The first-order valence-corrected chi connectivity index (χ1v) is 9.76. The number of rotatable bonds is 5. The molecule has 3 atom stereocenters. The molecule has 0 saturated carbocycles.